The molecule has 112 valence electrons. The second-order valence-electron chi connectivity index (χ2n) is 7.22. The van der Waals surface area contributed by atoms with Crippen molar-refractivity contribution in [3.05, 3.63) is 0 Å². The number of carbonyl (C=O) groups excluding carboxylic acids is 1. The Morgan fingerprint density at radius 1 is 1.10 bits per heavy atom. The third kappa shape index (κ3) is 2.13. The largest absolute Gasteiger partial charge is 0.480 e. The molecule has 1 saturated heterocycles. The highest BCUT2D eigenvalue weighted by molar-refractivity contribution is 5.88. The van der Waals surface area contributed by atoms with E-state index < -0.39 is 12.0 Å². The van der Waals surface area contributed by atoms with E-state index in [4.69, 9.17) is 0 Å². The summed E-state index contributed by atoms with van der Waals surface area (Å²) in [5, 5.41) is 9.57. The van der Waals surface area contributed by atoms with E-state index in [-0.39, 0.29) is 17.2 Å². The average Bonchev–Trinajstić information content (AvgIpc) is 2.97. The summed E-state index contributed by atoms with van der Waals surface area (Å²) < 4.78 is 0. The van der Waals surface area contributed by atoms with Crippen molar-refractivity contribution in [3.63, 3.8) is 0 Å². The molecule has 4 heteroatoms. The smallest absolute Gasteiger partial charge is 0.326 e. The first kappa shape index (κ1) is 13.9. The van der Waals surface area contributed by atoms with Crippen LogP contribution in [0.4, 0.5) is 0 Å². The lowest BCUT2D eigenvalue weighted by Gasteiger charge is -2.37. The van der Waals surface area contributed by atoms with Gasteiger partial charge in [0.25, 0.3) is 0 Å². The summed E-state index contributed by atoms with van der Waals surface area (Å²) >= 11 is 0. The number of carboxylic acids is 1. The van der Waals surface area contributed by atoms with E-state index >= 15 is 0 Å². The molecular weight excluding hydrogens is 254 g/mol. The molecule has 3 aliphatic rings. The number of amides is 1. The van der Waals surface area contributed by atoms with Gasteiger partial charge in [-0.25, -0.2) is 4.79 Å². The fraction of sp³-hybridized carbons (Fsp3) is 0.875. The zero-order valence-corrected chi connectivity index (χ0v) is 12.3. The molecule has 0 radical (unpaired) electrons. The predicted octanol–water partition coefficient (Wildman–Crippen LogP) is 2.67. The van der Waals surface area contributed by atoms with Gasteiger partial charge in [0, 0.05) is 12.0 Å². The van der Waals surface area contributed by atoms with Crippen LogP contribution in [0.1, 0.15) is 58.3 Å². The van der Waals surface area contributed by atoms with Gasteiger partial charge >= 0.3 is 5.97 Å². The van der Waals surface area contributed by atoms with Gasteiger partial charge in [0.1, 0.15) is 6.04 Å². The number of aliphatic carboxylic acids is 1. The number of carboxylic acid groups (broad SMARTS) is 1. The van der Waals surface area contributed by atoms with Crippen molar-refractivity contribution in [1.29, 1.82) is 0 Å². The van der Waals surface area contributed by atoms with Crippen molar-refractivity contribution in [2.24, 2.45) is 17.3 Å². The Morgan fingerprint density at radius 3 is 2.45 bits per heavy atom. The van der Waals surface area contributed by atoms with Crippen molar-refractivity contribution >= 4 is 11.9 Å². The maximum Gasteiger partial charge on any atom is 0.326 e. The van der Waals surface area contributed by atoms with Crippen LogP contribution >= 0.6 is 0 Å². The number of rotatable bonds is 2. The molecule has 1 N–H and O–H groups in total. The Hall–Kier alpha value is -1.06. The molecule has 4 nitrogen and oxygen atoms in total. The molecule has 3 rings (SSSR count). The maximum absolute atomic E-state index is 12.9. The molecule has 0 aromatic carbocycles. The van der Waals surface area contributed by atoms with Crippen molar-refractivity contribution < 1.29 is 14.7 Å². The zero-order chi connectivity index (χ0) is 14.3. The molecule has 3 atom stereocenters. The van der Waals surface area contributed by atoms with Crippen molar-refractivity contribution in [3.8, 4) is 0 Å². The molecule has 20 heavy (non-hydrogen) atoms. The Balaban J connectivity index is 1.81. The molecule has 0 aromatic heterocycles. The van der Waals surface area contributed by atoms with Crippen LogP contribution in [0.2, 0.25) is 0 Å². The lowest BCUT2D eigenvalue weighted by Crippen LogP contribution is -2.49. The lowest BCUT2D eigenvalue weighted by molar-refractivity contribution is -0.155. The molecule has 3 fully saturated rings. The first-order valence-corrected chi connectivity index (χ1v) is 8.07. The summed E-state index contributed by atoms with van der Waals surface area (Å²) in [7, 11) is 0. The number of fused-ring (bicyclic) bond motifs is 1. The quantitative estimate of drug-likeness (QED) is 0.845. The minimum atomic E-state index is -0.799. The Labute approximate surface area is 120 Å². The number of hydrogen-bond donors (Lipinski definition) is 1. The molecule has 3 unspecified atom stereocenters. The van der Waals surface area contributed by atoms with Gasteiger partial charge in [-0.15, -0.1) is 0 Å². The molecule has 0 spiro atoms. The van der Waals surface area contributed by atoms with Crippen LogP contribution in [0.15, 0.2) is 0 Å². The van der Waals surface area contributed by atoms with E-state index in [0.717, 1.165) is 44.9 Å². The Bertz CT molecular complexity index is 414. The predicted molar refractivity (Wildman–Crippen MR) is 75.2 cm³/mol. The highest BCUT2D eigenvalue weighted by Crippen LogP contribution is 2.45. The SMILES string of the molecule is CC1(C(=O)N2CC3CCCC3C2C(=O)O)CCCCC1. The minimum absolute atomic E-state index is 0.110. The van der Waals surface area contributed by atoms with E-state index in [1.165, 1.54) is 6.42 Å². The summed E-state index contributed by atoms with van der Waals surface area (Å²) in [5.41, 5.74) is -0.315. The van der Waals surface area contributed by atoms with Crippen LogP contribution in [-0.4, -0.2) is 34.5 Å². The number of likely N-dealkylation sites (tertiary alicyclic amines) is 1. The highest BCUT2D eigenvalue weighted by Gasteiger charge is 2.52. The first-order chi connectivity index (χ1) is 9.53. The molecule has 2 aliphatic carbocycles. The normalized spacial score (nSPS) is 35.9. The second-order valence-corrected chi connectivity index (χ2v) is 7.22. The van der Waals surface area contributed by atoms with Gasteiger partial charge in [0.05, 0.1) is 0 Å². The Morgan fingerprint density at radius 2 is 1.80 bits per heavy atom. The van der Waals surface area contributed by atoms with Crippen LogP contribution < -0.4 is 0 Å². The van der Waals surface area contributed by atoms with E-state index in [1.54, 1.807) is 4.90 Å². The van der Waals surface area contributed by atoms with Crippen LogP contribution in [0, 0.1) is 17.3 Å². The van der Waals surface area contributed by atoms with Crippen molar-refractivity contribution in [1.82, 2.24) is 4.90 Å². The fourth-order valence-electron chi connectivity index (χ4n) is 4.72. The Kier molecular flexibility index (Phi) is 3.51. The summed E-state index contributed by atoms with van der Waals surface area (Å²) in [6, 6.07) is -0.561. The van der Waals surface area contributed by atoms with Gasteiger partial charge in [-0.2, -0.15) is 0 Å². The van der Waals surface area contributed by atoms with Gasteiger partial charge < -0.3 is 10.0 Å². The van der Waals surface area contributed by atoms with E-state index in [2.05, 4.69) is 0 Å². The molecule has 1 amide bonds. The van der Waals surface area contributed by atoms with Gasteiger partial charge in [0.2, 0.25) is 5.91 Å². The zero-order valence-electron chi connectivity index (χ0n) is 12.3. The van der Waals surface area contributed by atoms with Crippen molar-refractivity contribution in [2.45, 2.75) is 64.3 Å². The van der Waals surface area contributed by atoms with E-state index in [1.807, 2.05) is 6.92 Å². The molecule has 1 heterocycles. The monoisotopic (exact) mass is 279 g/mol. The van der Waals surface area contributed by atoms with Gasteiger partial charge in [0.15, 0.2) is 0 Å². The summed E-state index contributed by atoms with van der Waals surface area (Å²) in [5.74, 6) is -0.0676. The molecule has 2 saturated carbocycles. The van der Waals surface area contributed by atoms with Crippen LogP contribution in [0.3, 0.4) is 0 Å². The summed E-state index contributed by atoms with van der Waals surface area (Å²) in [6.07, 6.45) is 8.43. The van der Waals surface area contributed by atoms with E-state index in [9.17, 15) is 14.7 Å². The standard InChI is InChI=1S/C16H25NO3/c1-16(8-3-2-4-9-16)15(20)17-10-11-6-5-7-12(11)13(17)14(18)19/h11-13H,2-10H2,1H3,(H,18,19). The van der Waals surface area contributed by atoms with Gasteiger partial charge in [-0.3, -0.25) is 4.79 Å². The second kappa shape index (κ2) is 5.05. The fourth-order valence-corrected chi connectivity index (χ4v) is 4.72. The van der Waals surface area contributed by atoms with Crippen LogP contribution in [0.5, 0.6) is 0 Å². The minimum Gasteiger partial charge on any atom is -0.480 e. The summed E-state index contributed by atoms with van der Waals surface area (Å²) in [4.78, 5) is 26.3. The maximum atomic E-state index is 12.9. The molecule has 1 aliphatic heterocycles. The van der Waals surface area contributed by atoms with Crippen LogP contribution in [0.25, 0.3) is 0 Å². The highest BCUT2D eigenvalue weighted by atomic mass is 16.4. The van der Waals surface area contributed by atoms with Crippen molar-refractivity contribution in [2.75, 3.05) is 6.54 Å². The molecule has 0 bridgehead atoms. The number of nitrogens with zero attached hydrogens (tertiary/aromatic N) is 1. The van der Waals surface area contributed by atoms with Crippen LogP contribution in [-0.2, 0) is 9.59 Å². The third-order valence-electron chi connectivity index (χ3n) is 5.88. The molecule has 0 aromatic rings. The third-order valence-corrected chi connectivity index (χ3v) is 5.88. The van der Waals surface area contributed by atoms with E-state index in [0.29, 0.717) is 12.5 Å². The number of hydrogen-bond acceptors (Lipinski definition) is 2. The van der Waals surface area contributed by atoms with Gasteiger partial charge in [-0.05, 0) is 37.5 Å². The first-order valence-electron chi connectivity index (χ1n) is 8.07. The van der Waals surface area contributed by atoms with Gasteiger partial charge in [-0.1, -0.05) is 32.6 Å². The topological polar surface area (TPSA) is 57.6 Å². The average molecular weight is 279 g/mol. The lowest BCUT2D eigenvalue weighted by atomic mass is 9.74. The summed E-state index contributed by atoms with van der Waals surface area (Å²) in [6.45, 7) is 2.72. The number of carbonyl (C=O) groups is 2. The molecular formula is C16H25NO3.